The summed E-state index contributed by atoms with van der Waals surface area (Å²) in [5.41, 5.74) is 0. The van der Waals surface area contributed by atoms with Gasteiger partial charge < -0.3 is 19.9 Å². The van der Waals surface area contributed by atoms with Gasteiger partial charge >= 0.3 is 0 Å². The highest BCUT2D eigenvalue weighted by atomic mass is 32.2. The van der Waals surface area contributed by atoms with E-state index < -0.39 is 15.9 Å². The molecule has 3 rings (SSSR count). The molecule has 0 amide bonds. The Balaban J connectivity index is 1.84. The van der Waals surface area contributed by atoms with Gasteiger partial charge in [0.2, 0.25) is 0 Å². The summed E-state index contributed by atoms with van der Waals surface area (Å²) in [6, 6.07) is 13.1. The first-order valence-corrected chi connectivity index (χ1v) is 10.7. The first kappa shape index (κ1) is 20.6. The van der Waals surface area contributed by atoms with Crippen LogP contribution in [0.2, 0.25) is 0 Å². The molecule has 0 aliphatic rings. The zero-order valence-corrected chi connectivity index (χ0v) is 16.8. The Bertz CT molecular complexity index is 1060. The van der Waals surface area contributed by atoms with Gasteiger partial charge in [-0.25, -0.2) is 18.4 Å². The number of aliphatic hydroxyl groups is 1. The standard InChI is InChI=1S/C20H21N3O5S/c1-14(13-24)27-18-11-16(12-22-20(18)23-19-5-3-4-10-21-19)28-15-6-8-17(9-7-15)29(2,25)26/h3-12,14,24H,13H2,1-2H3,(H,21,22,23)/t14-/m0/s1. The van der Waals surface area contributed by atoms with Crippen LogP contribution in [-0.2, 0) is 9.84 Å². The van der Waals surface area contributed by atoms with Crippen molar-refractivity contribution in [3.05, 3.63) is 60.9 Å². The summed E-state index contributed by atoms with van der Waals surface area (Å²) in [5.74, 6) is 2.23. The normalized spacial score (nSPS) is 12.2. The molecule has 0 aliphatic carbocycles. The summed E-state index contributed by atoms with van der Waals surface area (Å²) in [6.07, 6.45) is 3.85. The molecule has 0 unspecified atom stereocenters. The van der Waals surface area contributed by atoms with Gasteiger partial charge in [-0.2, -0.15) is 0 Å². The van der Waals surface area contributed by atoms with E-state index in [2.05, 4.69) is 15.3 Å². The average Bonchev–Trinajstić information content (AvgIpc) is 2.70. The van der Waals surface area contributed by atoms with Crippen LogP contribution < -0.4 is 14.8 Å². The van der Waals surface area contributed by atoms with Crippen molar-refractivity contribution in [1.29, 1.82) is 0 Å². The molecule has 0 fully saturated rings. The molecule has 2 aromatic heterocycles. The third-order valence-corrected chi connectivity index (χ3v) is 4.94. The van der Waals surface area contributed by atoms with Crippen molar-refractivity contribution in [3.63, 3.8) is 0 Å². The summed E-state index contributed by atoms with van der Waals surface area (Å²) in [7, 11) is -3.28. The summed E-state index contributed by atoms with van der Waals surface area (Å²) >= 11 is 0. The molecule has 0 spiro atoms. The summed E-state index contributed by atoms with van der Waals surface area (Å²) in [6.45, 7) is 1.56. The summed E-state index contributed by atoms with van der Waals surface area (Å²) in [4.78, 5) is 8.74. The molecule has 1 atom stereocenters. The Morgan fingerprint density at radius 2 is 1.86 bits per heavy atom. The minimum atomic E-state index is -3.28. The second-order valence-corrected chi connectivity index (χ2v) is 8.33. The predicted molar refractivity (Wildman–Crippen MR) is 109 cm³/mol. The first-order chi connectivity index (χ1) is 13.8. The van der Waals surface area contributed by atoms with Gasteiger partial charge in [0, 0.05) is 18.5 Å². The molecule has 3 aromatic rings. The van der Waals surface area contributed by atoms with Crippen LogP contribution in [0.15, 0.2) is 65.8 Å². The highest BCUT2D eigenvalue weighted by Crippen LogP contribution is 2.32. The number of nitrogens with zero attached hydrogens (tertiary/aromatic N) is 2. The lowest BCUT2D eigenvalue weighted by Crippen LogP contribution is -2.17. The lowest BCUT2D eigenvalue weighted by atomic mass is 10.3. The Morgan fingerprint density at radius 3 is 2.48 bits per heavy atom. The van der Waals surface area contributed by atoms with Crippen LogP contribution in [0.1, 0.15) is 6.92 Å². The third-order valence-electron chi connectivity index (χ3n) is 3.81. The molecule has 0 radical (unpaired) electrons. The van der Waals surface area contributed by atoms with Crippen molar-refractivity contribution >= 4 is 21.5 Å². The SMILES string of the molecule is C[C@@H](CO)Oc1cc(Oc2ccc(S(C)(=O)=O)cc2)cnc1Nc1ccccn1. The molecule has 1 aromatic carbocycles. The fourth-order valence-corrected chi connectivity index (χ4v) is 3.00. The van der Waals surface area contributed by atoms with E-state index in [4.69, 9.17) is 9.47 Å². The lowest BCUT2D eigenvalue weighted by molar-refractivity contribution is 0.130. The molecule has 9 heteroatoms. The van der Waals surface area contributed by atoms with Crippen LogP contribution in [0.5, 0.6) is 17.2 Å². The molecule has 0 saturated carbocycles. The molecule has 0 saturated heterocycles. The maximum Gasteiger partial charge on any atom is 0.175 e. The van der Waals surface area contributed by atoms with Gasteiger partial charge in [-0.3, -0.25) is 0 Å². The average molecular weight is 415 g/mol. The number of hydrogen-bond acceptors (Lipinski definition) is 8. The van der Waals surface area contributed by atoms with Gasteiger partial charge in [-0.15, -0.1) is 0 Å². The summed E-state index contributed by atoms with van der Waals surface area (Å²) in [5, 5.41) is 12.4. The number of pyridine rings is 2. The van der Waals surface area contributed by atoms with Gasteiger partial charge in [0.1, 0.15) is 23.4 Å². The molecular formula is C20H21N3O5S. The van der Waals surface area contributed by atoms with Crippen LogP contribution in [0.25, 0.3) is 0 Å². The third kappa shape index (κ3) is 5.66. The Labute approximate surface area is 169 Å². The number of nitrogens with one attached hydrogen (secondary N) is 1. The maximum atomic E-state index is 11.6. The highest BCUT2D eigenvalue weighted by molar-refractivity contribution is 7.90. The van der Waals surface area contributed by atoms with Crippen LogP contribution in [0.3, 0.4) is 0 Å². The van der Waals surface area contributed by atoms with E-state index in [0.717, 1.165) is 6.26 Å². The second kappa shape index (κ2) is 8.89. The molecule has 2 N–H and O–H groups in total. The lowest BCUT2D eigenvalue weighted by Gasteiger charge is -2.17. The molecular weight excluding hydrogens is 394 g/mol. The molecule has 0 aliphatic heterocycles. The number of aromatic nitrogens is 2. The quantitative estimate of drug-likeness (QED) is 0.577. The predicted octanol–water partition coefficient (Wildman–Crippen LogP) is 3.18. The van der Waals surface area contributed by atoms with Crippen molar-refractivity contribution in [2.45, 2.75) is 17.9 Å². The maximum absolute atomic E-state index is 11.6. The number of sulfone groups is 1. The first-order valence-electron chi connectivity index (χ1n) is 8.79. The van der Waals surface area contributed by atoms with E-state index in [-0.39, 0.29) is 11.5 Å². The zero-order valence-electron chi connectivity index (χ0n) is 15.9. The minimum absolute atomic E-state index is 0.166. The van der Waals surface area contributed by atoms with Crippen molar-refractivity contribution in [3.8, 4) is 17.2 Å². The van der Waals surface area contributed by atoms with Crippen molar-refractivity contribution in [2.75, 3.05) is 18.2 Å². The largest absolute Gasteiger partial charge is 0.484 e. The van der Waals surface area contributed by atoms with Crippen LogP contribution in [0, 0.1) is 0 Å². The number of aliphatic hydroxyl groups excluding tert-OH is 1. The van der Waals surface area contributed by atoms with Gasteiger partial charge in [0.25, 0.3) is 0 Å². The highest BCUT2D eigenvalue weighted by Gasteiger charge is 2.13. The van der Waals surface area contributed by atoms with Crippen LogP contribution in [0.4, 0.5) is 11.6 Å². The number of anilines is 2. The smallest absolute Gasteiger partial charge is 0.175 e. The Hall–Kier alpha value is -3.17. The van der Waals surface area contributed by atoms with Crippen LogP contribution in [-0.4, -0.2) is 42.5 Å². The second-order valence-electron chi connectivity index (χ2n) is 6.31. The fourth-order valence-electron chi connectivity index (χ4n) is 2.37. The van der Waals surface area contributed by atoms with Crippen molar-refractivity contribution in [2.24, 2.45) is 0 Å². The van der Waals surface area contributed by atoms with Crippen molar-refractivity contribution < 1.29 is 23.0 Å². The molecule has 0 bridgehead atoms. The Morgan fingerprint density at radius 1 is 1.10 bits per heavy atom. The Kier molecular flexibility index (Phi) is 6.30. The van der Waals surface area contributed by atoms with E-state index in [1.165, 1.54) is 18.3 Å². The van der Waals surface area contributed by atoms with E-state index in [9.17, 15) is 13.5 Å². The summed E-state index contributed by atoms with van der Waals surface area (Å²) < 4.78 is 34.6. The number of benzene rings is 1. The van der Waals surface area contributed by atoms with Crippen molar-refractivity contribution in [1.82, 2.24) is 9.97 Å². The zero-order chi connectivity index (χ0) is 20.9. The fraction of sp³-hybridized carbons (Fsp3) is 0.200. The van der Waals surface area contributed by atoms with Gasteiger partial charge in [-0.05, 0) is 43.3 Å². The van der Waals surface area contributed by atoms with E-state index in [0.29, 0.717) is 28.9 Å². The van der Waals surface area contributed by atoms with E-state index in [1.54, 1.807) is 43.5 Å². The van der Waals surface area contributed by atoms with E-state index >= 15 is 0 Å². The number of rotatable bonds is 8. The molecule has 152 valence electrons. The molecule has 8 nitrogen and oxygen atoms in total. The number of ether oxygens (including phenoxy) is 2. The van der Waals surface area contributed by atoms with Gasteiger partial charge in [0.15, 0.2) is 21.4 Å². The van der Waals surface area contributed by atoms with E-state index in [1.807, 2.05) is 6.07 Å². The van der Waals surface area contributed by atoms with Gasteiger partial charge in [0.05, 0.1) is 17.7 Å². The number of hydrogen-bond donors (Lipinski definition) is 2. The molecule has 2 heterocycles. The topological polar surface area (TPSA) is 111 Å². The molecule has 29 heavy (non-hydrogen) atoms. The monoisotopic (exact) mass is 415 g/mol. The minimum Gasteiger partial charge on any atom is -0.484 e. The van der Waals surface area contributed by atoms with Gasteiger partial charge in [-0.1, -0.05) is 6.07 Å². The van der Waals surface area contributed by atoms with Crippen LogP contribution >= 0.6 is 0 Å².